The molecule has 0 spiro atoms. The van der Waals surface area contributed by atoms with E-state index in [2.05, 4.69) is 151 Å². The fourth-order valence-electron chi connectivity index (χ4n) is 12.9. The van der Waals surface area contributed by atoms with Gasteiger partial charge < -0.3 is 57.0 Å². The van der Waals surface area contributed by atoms with Gasteiger partial charge in [0.25, 0.3) is 0 Å². The molecule has 0 aromatic carbocycles. The van der Waals surface area contributed by atoms with Crippen LogP contribution in [-0.2, 0) is 22.4 Å². The van der Waals surface area contributed by atoms with E-state index in [1.54, 1.807) is 0 Å². The number of unbranched alkanes of at least 4 members (excludes halogenated alkanes) is 4. The van der Waals surface area contributed by atoms with Crippen LogP contribution in [0.4, 0.5) is 0 Å². The molecule has 2 aromatic heterocycles. The Morgan fingerprint density at radius 2 is 1.06 bits per heavy atom. The van der Waals surface area contributed by atoms with Gasteiger partial charge in [-0.3, -0.25) is 9.59 Å². The molecular formula is C68H112N12O2. The van der Waals surface area contributed by atoms with Crippen LogP contribution in [0.2, 0.25) is 0 Å². The van der Waals surface area contributed by atoms with E-state index >= 15 is 0 Å². The maximum absolute atomic E-state index is 14.2. The standard InChI is InChI=1S/C68H112N12O2/c1-11-55-47(7)59-39-60-49(9)57(25-27-67(81)79(15-5)35-23-21-33-73-45-53-37-51(53)43-71-31-19-17-29-69-13-3)65(77-60)42-66-58(50(10)62(78-66)41-64-56(12-2)48(8)61(76-64)40-63(55)75-59)26-28-68(82)80(16-6)36-24-22-34-74-46-54-38-52(54)44-72-32-20-18-30-70-14-4/h39-42,51-54,65,69-75,77-78H,11-38,43-46H2,1-10H3/b60-39-,61-40-,62-41-,66-42-. The Labute approximate surface area is 495 Å². The zero-order valence-electron chi connectivity index (χ0n) is 53.0. The molecule has 82 heavy (non-hydrogen) atoms. The van der Waals surface area contributed by atoms with E-state index in [0.29, 0.717) is 38.8 Å². The quantitative estimate of drug-likeness (QED) is 0.0298. The van der Waals surface area contributed by atoms with Crippen molar-refractivity contribution in [3.8, 4) is 0 Å². The summed E-state index contributed by atoms with van der Waals surface area (Å²) in [6.07, 6.45) is 24.8. The lowest BCUT2D eigenvalue weighted by Crippen LogP contribution is -2.33. The highest BCUT2D eigenvalue weighted by Gasteiger charge is 2.37. The third kappa shape index (κ3) is 18.7. The third-order valence-electron chi connectivity index (χ3n) is 18.7. The number of H-pyrrole nitrogens is 2. The van der Waals surface area contributed by atoms with Crippen molar-refractivity contribution in [3.63, 3.8) is 0 Å². The minimum atomic E-state index is -0.140. The molecular weight excluding hydrogens is 1020 g/mol. The SMILES string of the molecule is CCNCCCCNCC1CC1CNCCCCN(CC)C(=O)CCC1=C(C)/C2=C/c3[nH]c(c(CC)c3C)/C=C3N=C(/C=c4\[nH]/c(c(CCC(=O)N(CC)CCCCNCC5CC5CNCCCCNCC)c4C)=C\C1N2)C(CC)=C\3C. The van der Waals surface area contributed by atoms with Crippen LogP contribution in [0.1, 0.15) is 179 Å². The number of carbonyl (C=O) groups excluding carboxylic acids is 2. The summed E-state index contributed by atoms with van der Waals surface area (Å²) in [6.45, 7) is 38.0. The second-order valence-electron chi connectivity index (χ2n) is 24.4. The summed E-state index contributed by atoms with van der Waals surface area (Å²) in [7, 11) is 0. The van der Waals surface area contributed by atoms with E-state index < -0.39 is 0 Å². The van der Waals surface area contributed by atoms with Crippen molar-refractivity contribution < 1.29 is 9.59 Å². The van der Waals surface area contributed by atoms with Gasteiger partial charge in [0.15, 0.2) is 0 Å². The van der Waals surface area contributed by atoms with E-state index in [0.717, 1.165) is 199 Å². The first kappa shape index (κ1) is 65.0. The molecule has 9 N–H and O–H groups in total. The minimum Gasteiger partial charge on any atom is -0.375 e. The second kappa shape index (κ2) is 33.8. The van der Waals surface area contributed by atoms with Crippen molar-refractivity contribution in [1.29, 1.82) is 0 Å². The van der Waals surface area contributed by atoms with Gasteiger partial charge in [0.1, 0.15) is 0 Å². The molecule has 2 amide bonds. The van der Waals surface area contributed by atoms with Gasteiger partial charge in [0, 0.05) is 66.8 Å². The predicted molar refractivity (Wildman–Crippen MR) is 345 cm³/mol. The van der Waals surface area contributed by atoms with Crippen molar-refractivity contribution in [3.05, 3.63) is 78.0 Å². The van der Waals surface area contributed by atoms with Crippen molar-refractivity contribution >= 4 is 41.8 Å². The van der Waals surface area contributed by atoms with Gasteiger partial charge in [-0.15, -0.1) is 0 Å². The number of nitrogens with one attached hydrogen (secondary N) is 9. The highest BCUT2D eigenvalue weighted by molar-refractivity contribution is 6.23. The molecule has 14 heteroatoms. The minimum absolute atomic E-state index is 0.140. The molecule has 5 aliphatic rings. The summed E-state index contributed by atoms with van der Waals surface area (Å²) in [5.74, 6) is 3.64. The number of hydrogen-bond acceptors (Lipinski definition) is 10. The lowest BCUT2D eigenvalue weighted by Gasteiger charge is -2.22. The van der Waals surface area contributed by atoms with Crippen LogP contribution in [0.3, 0.4) is 0 Å². The van der Waals surface area contributed by atoms with E-state index in [9.17, 15) is 9.59 Å². The van der Waals surface area contributed by atoms with Crippen LogP contribution in [0, 0.1) is 37.5 Å². The molecule has 2 aliphatic carbocycles. The topological polar surface area (TPSA) is 169 Å². The Bertz CT molecular complexity index is 2670. The Balaban J connectivity index is 0.994. The van der Waals surface area contributed by atoms with Crippen LogP contribution >= 0.6 is 0 Å². The molecule has 5 atom stereocenters. The molecule has 456 valence electrons. The first-order valence-corrected chi connectivity index (χ1v) is 33.0. The summed E-state index contributed by atoms with van der Waals surface area (Å²) in [5.41, 5.74) is 15.0. The fraction of sp³-hybridized carbons (Fsp3) is 0.691. The Morgan fingerprint density at radius 1 is 0.549 bits per heavy atom. The van der Waals surface area contributed by atoms with Crippen molar-refractivity contribution in [2.45, 2.75) is 178 Å². The zero-order valence-corrected chi connectivity index (χ0v) is 53.0. The first-order valence-electron chi connectivity index (χ1n) is 33.0. The summed E-state index contributed by atoms with van der Waals surface area (Å²) in [5, 5.41) is 27.7. The van der Waals surface area contributed by atoms with E-state index in [-0.39, 0.29) is 17.9 Å². The molecule has 3 aliphatic heterocycles. The van der Waals surface area contributed by atoms with E-state index in [4.69, 9.17) is 4.99 Å². The number of aliphatic imine (C=N–C) groups is 1. The Morgan fingerprint density at radius 3 is 1.56 bits per heavy atom. The maximum Gasteiger partial charge on any atom is 0.222 e. The van der Waals surface area contributed by atoms with Crippen molar-refractivity contribution in [2.75, 3.05) is 105 Å². The maximum atomic E-state index is 14.2. The predicted octanol–water partition coefficient (Wildman–Crippen LogP) is 8.33. The molecule has 0 radical (unpaired) electrons. The molecule has 8 bridgehead atoms. The molecule has 2 fully saturated rings. The number of rotatable bonds is 40. The lowest BCUT2D eigenvalue weighted by molar-refractivity contribution is -0.131. The number of aromatic nitrogens is 2. The third-order valence-corrected chi connectivity index (χ3v) is 18.7. The van der Waals surface area contributed by atoms with E-state index in [1.807, 2.05) is 0 Å². The first-order chi connectivity index (χ1) is 39.9. The smallest absolute Gasteiger partial charge is 0.222 e. The number of amides is 2. The highest BCUT2D eigenvalue weighted by atomic mass is 16.2. The van der Waals surface area contributed by atoms with E-state index in [1.165, 1.54) is 77.5 Å². The Hall–Kier alpha value is -4.57. The number of aromatic amines is 2. The van der Waals surface area contributed by atoms with Gasteiger partial charge in [0.05, 0.1) is 17.5 Å². The average molecular weight is 1130 g/mol. The molecule has 7 rings (SSSR count). The molecule has 5 heterocycles. The van der Waals surface area contributed by atoms with Crippen molar-refractivity contribution in [1.82, 2.24) is 57.0 Å². The monoisotopic (exact) mass is 1130 g/mol. The summed E-state index contributed by atoms with van der Waals surface area (Å²) < 4.78 is 0. The van der Waals surface area contributed by atoms with Crippen LogP contribution in [0.5, 0.6) is 0 Å². The molecule has 5 unspecified atom stereocenters. The molecule has 0 saturated heterocycles. The summed E-state index contributed by atoms with van der Waals surface area (Å²) in [4.78, 5) is 45.5. The molecule has 2 aromatic rings. The number of carbonyl (C=O) groups is 2. The lowest BCUT2D eigenvalue weighted by atomic mass is 9.97. The van der Waals surface area contributed by atoms with Crippen LogP contribution in [0.25, 0.3) is 24.3 Å². The van der Waals surface area contributed by atoms with Crippen LogP contribution < -0.4 is 47.9 Å². The van der Waals surface area contributed by atoms with Gasteiger partial charge in [-0.25, -0.2) is 4.99 Å². The van der Waals surface area contributed by atoms with Gasteiger partial charge in [-0.1, -0.05) is 27.7 Å². The number of hydrogen-bond donors (Lipinski definition) is 9. The van der Waals surface area contributed by atoms with Gasteiger partial charge >= 0.3 is 0 Å². The summed E-state index contributed by atoms with van der Waals surface area (Å²) in [6, 6.07) is -0.140. The summed E-state index contributed by atoms with van der Waals surface area (Å²) >= 11 is 0. The molecule has 14 nitrogen and oxygen atoms in total. The largest absolute Gasteiger partial charge is 0.375 e. The molecule has 2 saturated carbocycles. The zero-order chi connectivity index (χ0) is 58.4. The number of allylic oxidation sites excluding steroid dienone is 3. The van der Waals surface area contributed by atoms with Gasteiger partial charge in [-0.05, 0) is 302 Å². The fourth-order valence-corrected chi connectivity index (χ4v) is 12.9. The number of nitrogens with zero attached hydrogens (tertiary/aromatic N) is 3. The van der Waals surface area contributed by atoms with Gasteiger partial charge in [0.2, 0.25) is 11.8 Å². The Kier molecular flexibility index (Phi) is 26.8. The second-order valence-corrected chi connectivity index (χ2v) is 24.4. The van der Waals surface area contributed by atoms with Gasteiger partial charge in [-0.2, -0.15) is 0 Å². The van der Waals surface area contributed by atoms with Crippen LogP contribution in [-0.4, -0.2) is 148 Å². The number of fused-ring (bicyclic) bond motifs is 7. The van der Waals surface area contributed by atoms with Crippen molar-refractivity contribution in [2.24, 2.45) is 28.7 Å². The normalized spacial score (nSPS) is 22.0. The van der Waals surface area contributed by atoms with Crippen LogP contribution in [0.15, 0.2) is 38.7 Å². The highest BCUT2D eigenvalue weighted by Crippen LogP contribution is 2.38. The average Bonchev–Trinajstić information content (AvgIpc) is 4.49.